The Hall–Kier alpha value is -2.68. The summed E-state index contributed by atoms with van der Waals surface area (Å²) in [4.78, 5) is 10.9. The summed E-state index contributed by atoms with van der Waals surface area (Å²) in [6.45, 7) is 0. The maximum Gasteiger partial charge on any atom is 0.156 e. The standard InChI is InChI=1S/C17H11FO2/c18-16-6-3-7-17(15(16)11-19)20-14-9-8-12-4-1-2-5-13(12)10-14/h1-11H. The molecule has 0 bridgehead atoms. The van der Waals surface area contributed by atoms with Crippen molar-refractivity contribution in [2.75, 3.05) is 0 Å². The van der Waals surface area contributed by atoms with Gasteiger partial charge >= 0.3 is 0 Å². The normalized spacial score (nSPS) is 10.4. The van der Waals surface area contributed by atoms with E-state index in [0.717, 1.165) is 10.8 Å². The zero-order chi connectivity index (χ0) is 13.9. The van der Waals surface area contributed by atoms with Gasteiger partial charge in [-0.1, -0.05) is 36.4 Å². The highest BCUT2D eigenvalue weighted by Crippen LogP contribution is 2.28. The third-order valence-corrected chi connectivity index (χ3v) is 3.08. The van der Waals surface area contributed by atoms with Crippen LogP contribution in [0.15, 0.2) is 60.7 Å². The lowest BCUT2D eigenvalue weighted by Crippen LogP contribution is -1.94. The van der Waals surface area contributed by atoms with Gasteiger partial charge in [-0.2, -0.15) is 0 Å². The van der Waals surface area contributed by atoms with E-state index in [1.165, 1.54) is 12.1 Å². The SMILES string of the molecule is O=Cc1c(F)cccc1Oc1ccc2ccccc2c1. The van der Waals surface area contributed by atoms with Crippen LogP contribution in [0.1, 0.15) is 10.4 Å². The van der Waals surface area contributed by atoms with Crippen molar-refractivity contribution in [3.8, 4) is 11.5 Å². The van der Waals surface area contributed by atoms with E-state index in [-0.39, 0.29) is 11.3 Å². The minimum absolute atomic E-state index is 0.0688. The second-order valence-electron chi connectivity index (χ2n) is 4.38. The van der Waals surface area contributed by atoms with Gasteiger partial charge in [0.2, 0.25) is 0 Å². The van der Waals surface area contributed by atoms with E-state index in [0.29, 0.717) is 12.0 Å². The molecule has 0 aliphatic rings. The molecule has 0 spiro atoms. The van der Waals surface area contributed by atoms with Gasteiger partial charge < -0.3 is 4.74 Å². The smallest absolute Gasteiger partial charge is 0.156 e. The fourth-order valence-electron chi connectivity index (χ4n) is 2.08. The van der Waals surface area contributed by atoms with Crippen LogP contribution in [0.25, 0.3) is 10.8 Å². The molecule has 3 rings (SSSR count). The zero-order valence-corrected chi connectivity index (χ0v) is 10.5. The van der Waals surface area contributed by atoms with Gasteiger partial charge in [-0.05, 0) is 35.0 Å². The van der Waals surface area contributed by atoms with E-state index in [2.05, 4.69) is 0 Å². The number of ether oxygens (including phenoxy) is 1. The summed E-state index contributed by atoms with van der Waals surface area (Å²) in [5.74, 6) is 0.200. The van der Waals surface area contributed by atoms with E-state index in [4.69, 9.17) is 4.74 Å². The van der Waals surface area contributed by atoms with Crippen molar-refractivity contribution in [3.63, 3.8) is 0 Å². The summed E-state index contributed by atoms with van der Waals surface area (Å²) >= 11 is 0. The van der Waals surface area contributed by atoms with Gasteiger partial charge in [0.05, 0.1) is 5.56 Å². The first kappa shape index (κ1) is 12.4. The monoisotopic (exact) mass is 266 g/mol. The van der Waals surface area contributed by atoms with Crippen LogP contribution < -0.4 is 4.74 Å². The molecule has 0 atom stereocenters. The van der Waals surface area contributed by atoms with Crippen molar-refractivity contribution >= 4 is 17.1 Å². The Morgan fingerprint density at radius 3 is 2.50 bits per heavy atom. The number of rotatable bonds is 3. The van der Waals surface area contributed by atoms with Crippen LogP contribution >= 0.6 is 0 Å². The minimum Gasteiger partial charge on any atom is -0.456 e. The molecule has 2 nitrogen and oxygen atoms in total. The summed E-state index contributed by atoms with van der Waals surface area (Å²) in [5.41, 5.74) is -0.0688. The summed E-state index contributed by atoms with van der Waals surface area (Å²) in [6, 6.07) is 17.7. The molecule has 3 heteroatoms. The van der Waals surface area contributed by atoms with Crippen molar-refractivity contribution < 1.29 is 13.9 Å². The largest absolute Gasteiger partial charge is 0.456 e. The van der Waals surface area contributed by atoms with Crippen LogP contribution in [0.3, 0.4) is 0 Å². The highest BCUT2D eigenvalue weighted by atomic mass is 19.1. The minimum atomic E-state index is -0.585. The molecule has 0 amide bonds. The molecule has 3 aromatic rings. The van der Waals surface area contributed by atoms with Gasteiger partial charge in [-0.25, -0.2) is 4.39 Å². The van der Waals surface area contributed by atoms with Crippen LogP contribution in [-0.2, 0) is 0 Å². The fourth-order valence-corrected chi connectivity index (χ4v) is 2.08. The average molecular weight is 266 g/mol. The first-order valence-corrected chi connectivity index (χ1v) is 6.18. The Morgan fingerprint density at radius 1 is 0.900 bits per heavy atom. The molecule has 0 unspecified atom stereocenters. The molecule has 0 radical (unpaired) electrons. The summed E-state index contributed by atoms with van der Waals surface area (Å²) < 4.78 is 19.1. The third kappa shape index (κ3) is 2.26. The van der Waals surface area contributed by atoms with Crippen LogP contribution in [0.2, 0.25) is 0 Å². The molecule has 0 N–H and O–H groups in total. The van der Waals surface area contributed by atoms with Crippen LogP contribution in [0.4, 0.5) is 4.39 Å². The van der Waals surface area contributed by atoms with Crippen molar-refractivity contribution in [1.29, 1.82) is 0 Å². The quantitative estimate of drug-likeness (QED) is 0.648. The number of aldehydes is 1. The lowest BCUT2D eigenvalue weighted by molar-refractivity contribution is 0.111. The molecule has 3 aromatic carbocycles. The first-order valence-electron chi connectivity index (χ1n) is 6.18. The van der Waals surface area contributed by atoms with E-state index in [1.807, 2.05) is 36.4 Å². The lowest BCUT2D eigenvalue weighted by atomic mass is 10.1. The Bertz CT molecular complexity index is 781. The predicted octanol–water partition coefficient (Wildman–Crippen LogP) is 4.58. The predicted molar refractivity (Wildman–Crippen MR) is 75.8 cm³/mol. The van der Waals surface area contributed by atoms with Crippen LogP contribution in [0, 0.1) is 5.82 Å². The molecule has 0 fully saturated rings. The molecular formula is C17H11FO2. The van der Waals surface area contributed by atoms with Gasteiger partial charge in [-0.15, -0.1) is 0 Å². The molecule has 0 saturated carbocycles. The lowest BCUT2D eigenvalue weighted by Gasteiger charge is -2.09. The van der Waals surface area contributed by atoms with E-state index in [9.17, 15) is 9.18 Å². The van der Waals surface area contributed by atoms with Crippen molar-refractivity contribution in [2.24, 2.45) is 0 Å². The number of hydrogen-bond acceptors (Lipinski definition) is 2. The Kier molecular flexibility index (Phi) is 3.17. The summed E-state index contributed by atoms with van der Waals surface area (Å²) in [6.07, 6.45) is 0.464. The molecule has 0 saturated heterocycles. The van der Waals surface area contributed by atoms with Crippen molar-refractivity contribution in [2.45, 2.75) is 0 Å². The molecule has 0 aliphatic heterocycles. The van der Waals surface area contributed by atoms with Gasteiger partial charge in [0.15, 0.2) is 6.29 Å². The summed E-state index contributed by atoms with van der Waals surface area (Å²) in [7, 11) is 0. The second-order valence-corrected chi connectivity index (χ2v) is 4.38. The average Bonchev–Trinajstić information content (AvgIpc) is 2.47. The van der Waals surface area contributed by atoms with Crippen molar-refractivity contribution in [1.82, 2.24) is 0 Å². The number of carbonyl (C=O) groups is 1. The topological polar surface area (TPSA) is 26.3 Å². The number of carbonyl (C=O) groups excluding carboxylic acids is 1. The fraction of sp³-hybridized carbons (Fsp3) is 0. The van der Waals surface area contributed by atoms with E-state index < -0.39 is 5.82 Å². The second kappa shape index (κ2) is 5.13. The number of halogens is 1. The Labute approximate surface area is 115 Å². The summed E-state index contributed by atoms with van der Waals surface area (Å²) in [5, 5.41) is 2.11. The van der Waals surface area contributed by atoms with Crippen molar-refractivity contribution in [3.05, 3.63) is 72.0 Å². The molecule has 0 aromatic heterocycles. The first-order chi connectivity index (χ1) is 9.78. The maximum atomic E-state index is 13.5. The zero-order valence-electron chi connectivity index (χ0n) is 10.5. The van der Waals surface area contributed by atoms with Gasteiger partial charge in [0.25, 0.3) is 0 Å². The highest BCUT2D eigenvalue weighted by Gasteiger charge is 2.09. The molecular weight excluding hydrogens is 255 g/mol. The molecule has 98 valence electrons. The highest BCUT2D eigenvalue weighted by molar-refractivity contribution is 5.84. The number of hydrogen-bond donors (Lipinski definition) is 0. The number of fused-ring (bicyclic) bond motifs is 1. The molecule has 0 heterocycles. The Balaban J connectivity index is 2.01. The molecule has 0 aliphatic carbocycles. The third-order valence-electron chi connectivity index (χ3n) is 3.08. The van der Waals surface area contributed by atoms with Crippen LogP contribution in [-0.4, -0.2) is 6.29 Å². The van der Waals surface area contributed by atoms with Gasteiger partial charge in [0.1, 0.15) is 17.3 Å². The van der Waals surface area contributed by atoms with Crippen LogP contribution in [0.5, 0.6) is 11.5 Å². The molecule has 20 heavy (non-hydrogen) atoms. The van der Waals surface area contributed by atoms with Gasteiger partial charge in [-0.3, -0.25) is 4.79 Å². The maximum absolute atomic E-state index is 13.5. The van der Waals surface area contributed by atoms with E-state index in [1.54, 1.807) is 12.1 Å². The van der Waals surface area contributed by atoms with Gasteiger partial charge in [0, 0.05) is 0 Å². The van der Waals surface area contributed by atoms with E-state index >= 15 is 0 Å². The number of benzene rings is 3. The Morgan fingerprint density at radius 2 is 1.70 bits per heavy atom.